The van der Waals surface area contributed by atoms with Crippen LogP contribution >= 0.6 is 50.8 Å². The van der Waals surface area contributed by atoms with Crippen molar-refractivity contribution in [3.8, 4) is 0 Å². The summed E-state index contributed by atoms with van der Waals surface area (Å²) in [6, 6.07) is 5.48. The molecule has 0 spiro atoms. The van der Waals surface area contributed by atoms with Crippen LogP contribution in [0.15, 0.2) is 38.5 Å². The second-order valence-corrected chi connectivity index (χ2v) is 8.29. The SMILES string of the molecule is CC(C)(C)OC(=O)N(Sc1ccc(Br)c(Cl)c1)c1cscn1. The molecule has 0 saturated heterocycles. The van der Waals surface area contributed by atoms with E-state index in [1.54, 1.807) is 17.0 Å². The number of carbonyl (C=O) groups is 1. The van der Waals surface area contributed by atoms with Crippen LogP contribution < -0.4 is 4.31 Å². The van der Waals surface area contributed by atoms with Crippen LogP contribution in [-0.4, -0.2) is 16.7 Å². The largest absolute Gasteiger partial charge is 0.443 e. The molecule has 0 aliphatic carbocycles. The van der Waals surface area contributed by atoms with Crippen molar-refractivity contribution in [2.24, 2.45) is 0 Å². The van der Waals surface area contributed by atoms with Gasteiger partial charge in [0.15, 0.2) is 5.82 Å². The van der Waals surface area contributed by atoms with Crippen LogP contribution in [0.1, 0.15) is 20.8 Å². The van der Waals surface area contributed by atoms with Gasteiger partial charge < -0.3 is 4.74 Å². The zero-order chi connectivity index (χ0) is 16.3. The van der Waals surface area contributed by atoms with E-state index in [4.69, 9.17) is 16.3 Å². The van der Waals surface area contributed by atoms with Gasteiger partial charge in [-0.25, -0.2) is 9.78 Å². The fourth-order valence-corrected chi connectivity index (χ4v) is 3.32. The number of ether oxygens (including phenoxy) is 1. The molecule has 2 aromatic rings. The number of anilines is 1. The Balaban J connectivity index is 2.25. The summed E-state index contributed by atoms with van der Waals surface area (Å²) in [5.41, 5.74) is 1.09. The van der Waals surface area contributed by atoms with Crippen molar-refractivity contribution in [2.45, 2.75) is 31.3 Å². The Bertz CT molecular complexity index is 659. The predicted octanol–water partition coefficient (Wildman–Crippen LogP) is 6.01. The summed E-state index contributed by atoms with van der Waals surface area (Å²) >= 11 is 12.1. The standard InChI is InChI=1S/C14H14BrClN2O2S2/c1-14(2,3)20-13(19)18(12-7-21-8-17-12)22-9-4-5-10(15)11(16)6-9/h4-8H,1-3H3. The number of nitrogens with zero attached hydrogens (tertiary/aromatic N) is 2. The minimum Gasteiger partial charge on any atom is -0.443 e. The Hall–Kier alpha value is -0.760. The molecule has 1 aromatic heterocycles. The summed E-state index contributed by atoms with van der Waals surface area (Å²) in [6.07, 6.45) is -0.470. The Labute approximate surface area is 151 Å². The van der Waals surface area contributed by atoms with E-state index in [1.807, 2.05) is 32.9 Å². The normalized spacial score (nSPS) is 11.3. The molecule has 0 atom stereocenters. The maximum absolute atomic E-state index is 12.4. The van der Waals surface area contributed by atoms with Crippen LogP contribution in [0.25, 0.3) is 0 Å². The molecule has 2 rings (SSSR count). The van der Waals surface area contributed by atoms with E-state index in [0.717, 1.165) is 9.37 Å². The van der Waals surface area contributed by atoms with Gasteiger partial charge in [0.1, 0.15) is 5.60 Å². The topological polar surface area (TPSA) is 42.4 Å². The van der Waals surface area contributed by atoms with E-state index in [9.17, 15) is 4.79 Å². The fourth-order valence-electron chi connectivity index (χ4n) is 1.43. The molecule has 0 aliphatic rings. The Kier molecular flexibility index (Phi) is 5.76. The highest BCUT2D eigenvalue weighted by Gasteiger charge is 2.26. The molecule has 1 amide bonds. The van der Waals surface area contributed by atoms with Crippen molar-refractivity contribution in [1.82, 2.24) is 4.98 Å². The number of rotatable bonds is 3. The number of benzene rings is 1. The molecule has 1 heterocycles. The summed E-state index contributed by atoms with van der Waals surface area (Å²) in [7, 11) is 0. The monoisotopic (exact) mass is 420 g/mol. The quantitative estimate of drug-likeness (QED) is 0.569. The second kappa shape index (κ2) is 7.21. The number of carbonyl (C=O) groups excluding carboxylic acids is 1. The zero-order valence-electron chi connectivity index (χ0n) is 12.2. The smallest absolute Gasteiger partial charge is 0.426 e. The van der Waals surface area contributed by atoms with Crippen molar-refractivity contribution >= 4 is 62.7 Å². The maximum Gasteiger partial charge on any atom is 0.426 e. The van der Waals surface area contributed by atoms with E-state index in [1.165, 1.54) is 27.6 Å². The Morgan fingerprint density at radius 1 is 1.45 bits per heavy atom. The Morgan fingerprint density at radius 2 is 2.18 bits per heavy atom. The molecule has 4 nitrogen and oxygen atoms in total. The van der Waals surface area contributed by atoms with E-state index in [2.05, 4.69) is 20.9 Å². The van der Waals surface area contributed by atoms with E-state index >= 15 is 0 Å². The van der Waals surface area contributed by atoms with E-state index in [0.29, 0.717) is 10.8 Å². The second-order valence-electron chi connectivity index (χ2n) is 5.29. The lowest BCUT2D eigenvalue weighted by molar-refractivity contribution is 0.0611. The zero-order valence-corrected chi connectivity index (χ0v) is 16.1. The highest BCUT2D eigenvalue weighted by Crippen LogP contribution is 2.34. The number of thiazole rings is 1. The first kappa shape index (κ1) is 17.6. The molecule has 0 unspecified atom stereocenters. The van der Waals surface area contributed by atoms with Gasteiger partial charge >= 0.3 is 6.09 Å². The van der Waals surface area contributed by atoms with E-state index < -0.39 is 11.7 Å². The number of amides is 1. The lowest BCUT2D eigenvalue weighted by Crippen LogP contribution is -2.32. The van der Waals surface area contributed by atoms with Gasteiger partial charge in [-0.05, 0) is 66.8 Å². The summed E-state index contributed by atoms with van der Waals surface area (Å²) < 4.78 is 7.66. The third-order valence-electron chi connectivity index (χ3n) is 2.27. The number of hydrogen-bond donors (Lipinski definition) is 0. The van der Waals surface area contributed by atoms with Gasteiger partial charge in [0.05, 0.1) is 10.5 Å². The summed E-state index contributed by atoms with van der Waals surface area (Å²) in [5, 5.41) is 2.37. The number of hydrogen-bond acceptors (Lipinski definition) is 5. The van der Waals surface area contributed by atoms with Crippen molar-refractivity contribution < 1.29 is 9.53 Å². The molecule has 118 valence electrons. The average Bonchev–Trinajstić information content (AvgIpc) is 2.91. The van der Waals surface area contributed by atoms with Crippen LogP contribution in [0.4, 0.5) is 10.6 Å². The van der Waals surface area contributed by atoms with Gasteiger partial charge in [-0.15, -0.1) is 11.3 Å². The van der Waals surface area contributed by atoms with Crippen molar-refractivity contribution in [2.75, 3.05) is 4.31 Å². The van der Waals surface area contributed by atoms with Crippen LogP contribution in [0.3, 0.4) is 0 Å². The fraction of sp³-hybridized carbons (Fsp3) is 0.286. The molecular formula is C14H14BrClN2O2S2. The van der Waals surface area contributed by atoms with Crippen molar-refractivity contribution in [1.29, 1.82) is 0 Å². The molecule has 0 radical (unpaired) electrons. The molecule has 0 bridgehead atoms. The third-order valence-corrected chi connectivity index (χ3v) is 5.06. The average molecular weight is 422 g/mol. The molecule has 0 fully saturated rings. The minimum atomic E-state index is -0.580. The summed E-state index contributed by atoms with van der Waals surface area (Å²) in [5.74, 6) is 0.531. The summed E-state index contributed by atoms with van der Waals surface area (Å²) in [4.78, 5) is 17.4. The van der Waals surface area contributed by atoms with Gasteiger partial charge in [-0.2, -0.15) is 4.31 Å². The predicted molar refractivity (Wildman–Crippen MR) is 95.8 cm³/mol. The van der Waals surface area contributed by atoms with Gasteiger partial charge in [0, 0.05) is 14.7 Å². The van der Waals surface area contributed by atoms with Gasteiger partial charge in [-0.1, -0.05) is 11.6 Å². The van der Waals surface area contributed by atoms with E-state index in [-0.39, 0.29) is 0 Å². The maximum atomic E-state index is 12.4. The highest BCUT2D eigenvalue weighted by atomic mass is 79.9. The van der Waals surface area contributed by atoms with Gasteiger partial charge in [0.25, 0.3) is 0 Å². The molecule has 22 heavy (non-hydrogen) atoms. The van der Waals surface area contributed by atoms with Crippen LogP contribution in [0.5, 0.6) is 0 Å². The number of halogens is 2. The molecular weight excluding hydrogens is 408 g/mol. The number of aromatic nitrogens is 1. The minimum absolute atomic E-state index is 0.470. The third kappa shape index (κ3) is 4.87. The molecule has 1 aromatic carbocycles. The van der Waals surface area contributed by atoms with Crippen LogP contribution in [0.2, 0.25) is 5.02 Å². The Morgan fingerprint density at radius 3 is 2.73 bits per heavy atom. The van der Waals surface area contributed by atoms with Gasteiger partial charge in [-0.3, -0.25) is 0 Å². The lowest BCUT2D eigenvalue weighted by atomic mass is 10.2. The van der Waals surface area contributed by atoms with Crippen molar-refractivity contribution in [3.05, 3.63) is 38.6 Å². The first-order valence-electron chi connectivity index (χ1n) is 6.30. The molecule has 0 N–H and O–H groups in total. The highest BCUT2D eigenvalue weighted by molar-refractivity contribution is 9.10. The molecule has 0 saturated carbocycles. The molecule has 8 heteroatoms. The first-order chi connectivity index (χ1) is 10.3. The van der Waals surface area contributed by atoms with Gasteiger partial charge in [0.2, 0.25) is 0 Å². The van der Waals surface area contributed by atoms with Crippen molar-refractivity contribution in [3.63, 3.8) is 0 Å². The van der Waals surface area contributed by atoms with Crippen LogP contribution in [0, 0.1) is 0 Å². The van der Waals surface area contributed by atoms with Crippen LogP contribution in [-0.2, 0) is 4.74 Å². The lowest BCUT2D eigenvalue weighted by Gasteiger charge is -2.25. The first-order valence-corrected chi connectivity index (χ1v) is 9.19. The summed E-state index contributed by atoms with van der Waals surface area (Å²) in [6.45, 7) is 5.47. The molecule has 0 aliphatic heterocycles.